The molecular formula is C32H60N4O. The van der Waals surface area contributed by atoms with E-state index in [0.29, 0.717) is 29.4 Å². The fraction of sp³-hybridized carbons (Fsp3) is 1.00. The summed E-state index contributed by atoms with van der Waals surface area (Å²) in [6.07, 6.45) is 8.06. The second-order valence-corrected chi connectivity index (χ2v) is 16.1. The first-order chi connectivity index (χ1) is 17.2. The van der Waals surface area contributed by atoms with Crippen LogP contribution >= 0.6 is 0 Å². The molecule has 1 aliphatic carbocycles. The van der Waals surface area contributed by atoms with Crippen LogP contribution in [0, 0.1) is 29.1 Å². The van der Waals surface area contributed by atoms with E-state index in [-0.39, 0.29) is 16.6 Å². The maximum atomic E-state index is 6.78. The largest absolute Gasteiger partial charge is 0.362 e. The third-order valence-corrected chi connectivity index (χ3v) is 13.2. The van der Waals surface area contributed by atoms with Gasteiger partial charge in [0.15, 0.2) is 0 Å². The molecule has 8 rings (SSSR count). The van der Waals surface area contributed by atoms with Gasteiger partial charge in [0.1, 0.15) is 0 Å². The van der Waals surface area contributed by atoms with E-state index in [2.05, 4.69) is 89.3 Å². The summed E-state index contributed by atoms with van der Waals surface area (Å²) in [6, 6.07) is 1.41. The van der Waals surface area contributed by atoms with Gasteiger partial charge in [-0.05, 0) is 102 Å². The van der Waals surface area contributed by atoms with Crippen molar-refractivity contribution in [1.82, 2.24) is 20.0 Å². The van der Waals surface area contributed by atoms with Crippen LogP contribution in [0.4, 0.5) is 0 Å². The third kappa shape index (κ3) is 4.65. The van der Waals surface area contributed by atoms with Crippen molar-refractivity contribution >= 4 is 0 Å². The van der Waals surface area contributed by atoms with Crippen LogP contribution in [0.1, 0.15) is 108 Å². The molecule has 8 aliphatic rings. The Balaban J connectivity index is 1.38. The Labute approximate surface area is 229 Å². The van der Waals surface area contributed by atoms with Gasteiger partial charge in [-0.25, -0.2) is 0 Å². The lowest BCUT2D eigenvalue weighted by molar-refractivity contribution is -0.186. The minimum absolute atomic E-state index is 0.0802. The van der Waals surface area contributed by atoms with Crippen molar-refractivity contribution in [2.75, 3.05) is 33.0 Å². The van der Waals surface area contributed by atoms with Gasteiger partial charge < -0.3 is 10.1 Å². The molecule has 9 atom stereocenters. The van der Waals surface area contributed by atoms with E-state index in [0.717, 1.165) is 31.3 Å². The Morgan fingerprint density at radius 2 is 1.76 bits per heavy atom. The minimum atomic E-state index is 0.0802. The first-order valence-corrected chi connectivity index (χ1v) is 15.8. The van der Waals surface area contributed by atoms with Crippen molar-refractivity contribution in [3.8, 4) is 0 Å². The second kappa shape index (κ2) is 9.72. The van der Waals surface area contributed by atoms with E-state index in [4.69, 9.17) is 4.74 Å². The monoisotopic (exact) mass is 516 g/mol. The van der Waals surface area contributed by atoms with Gasteiger partial charge in [-0.3, -0.25) is 14.7 Å². The maximum Gasteiger partial charge on any atom is 0.0999 e. The molecule has 6 bridgehead atoms. The summed E-state index contributed by atoms with van der Waals surface area (Å²) in [5.41, 5.74) is 0.731. The molecule has 7 heterocycles. The van der Waals surface area contributed by atoms with Crippen molar-refractivity contribution in [2.24, 2.45) is 29.1 Å². The first-order valence-electron chi connectivity index (χ1n) is 15.8. The van der Waals surface area contributed by atoms with Crippen molar-refractivity contribution in [1.29, 1.82) is 0 Å². The molecule has 7 aliphatic heterocycles. The molecule has 1 saturated carbocycles. The van der Waals surface area contributed by atoms with E-state index in [1.807, 2.05) is 0 Å². The van der Waals surface area contributed by atoms with Crippen LogP contribution in [-0.4, -0.2) is 82.5 Å². The number of nitrogens with one attached hydrogen (secondary N) is 1. The molecule has 5 nitrogen and oxygen atoms in total. The lowest BCUT2D eigenvalue weighted by atomic mass is 9.62. The molecule has 0 spiro atoms. The Bertz CT molecular complexity index is 808. The molecule has 0 amide bonds. The van der Waals surface area contributed by atoms with Crippen LogP contribution in [0.25, 0.3) is 0 Å². The van der Waals surface area contributed by atoms with Gasteiger partial charge in [-0.1, -0.05) is 34.6 Å². The topological polar surface area (TPSA) is 31.0 Å². The summed E-state index contributed by atoms with van der Waals surface area (Å²) in [5.74, 6) is 3.02. The lowest BCUT2D eigenvalue weighted by Gasteiger charge is -2.61. The van der Waals surface area contributed by atoms with E-state index >= 15 is 0 Å². The standard InChI is InChI=1S/C32H60N4O/c1-22(2)27-11-15-34(20-33-27)29(4,5)13-14-32(10)31(8,9)36-19-24-17-25(36)18-26(24)30(6,7)23(3)28-12-16-35(32)21-37-28/h22-28,33H,11-21H2,1-10H3. The van der Waals surface area contributed by atoms with Gasteiger partial charge in [0.25, 0.3) is 0 Å². The number of nitrogens with zero attached hydrogens (tertiary/aromatic N) is 3. The van der Waals surface area contributed by atoms with Crippen molar-refractivity contribution < 1.29 is 4.74 Å². The number of ether oxygens (including phenoxy) is 1. The Kier molecular flexibility index (Phi) is 7.44. The Hall–Kier alpha value is -0.200. The van der Waals surface area contributed by atoms with Crippen LogP contribution in [0.3, 0.4) is 0 Å². The van der Waals surface area contributed by atoms with E-state index < -0.39 is 0 Å². The molecule has 214 valence electrons. The van der Waals surface area contributed by atoms with Crippen molar-refractivity contribution in [3.05, 3.63) is 0 Å². The fourth-order valence-corrected chi connectivity index (χ4v) is 9.42. The highest BCUT2D eigenvalue weighted by atomic mass is 16.5. The van der Waals surface area contributed by atoms with Gasteiger partial charge in [-0.15, -0.1) is 0 Å². The molecule has 0 radical (unpaired) electrons. The molecule has 37 heavy (non-hydrogen) atoms. The van der Waals surface area contributed by atoms with Gasteiger partial charge >= 0.3 is 0 Å². The predicted octanol–water partition coefficient (Wildman–Crippen LogP) is 5.79. The van der Waals surface area contributed by atoms with Gasteiger partial charge in [0.2, 0.25) is 0 Å². The van der Waals surface area contributed by atoms with E-state index in [9.17, 15) is 0 Å². The first kappa shape index (κ1) is 28.3. The quantitative estimate of drug-likeness (QED) is 0.499. The van der Waals surface area contributed by atoms with Crippen LogP contribution < -0.4 is 5.32 Å². The number of piperidine rings is 1. The number of rotatable bonds is 5. The van der Waals surface area contributed by atoms with Gasteiger partial charge in [-0.2, -0.15) is 0 Å². The summed E-state index contributed by atoms with van der Waals surface area (Å²) < 4.78 is 6.78. The molecule has 0 aromatic heterocycles. The van der Waals surface area contributed by atoms with Gasteiger partial charge in [0, 0.05) is 55.0 Å². The molecule has 1 N–H and O–H groups in total. The highest BCUT2D eigenvalue weighted by Gasteiger charge is 2.60. The SMILES string of the molecule is CC(C)C1CCN(C(C)(C)CCC2(C)N3CCC(OC3)C(C)C(C)(C)C3CC4CC3CN4C2(C)C)CN1. The smallest absolute Gasteiger partial charge is 0.0999 e. The van der Waals surface area contributed by atoms with Crippen LogP contribution in [0.2, 0.25) is 0 Å². The third-order valence-electron chi connectivity index (χ3n) is 13.2. The van der Waals surface area contributed by atoms with Crippen LogP contribution in [-0.2, 0) is 4.74 Å². The molecular weight excluding hydrogens is 456 g/mol. The van der Waals surface area contributed by atoms with Crippen LogP contribution in [0.5, 0.6) is 0 Å². The van der Waals surface area contributed by atoms with Crippen molar-refractivity contribution in [3.63, 3.8) is 0 Å². The summed E-state index contributed by atoms with van der Waals surface area (Å²) >= 11 is 0. The van der Waals surface area contributed by atoms with Crippen molar-refractivity contribution in [2.45, 2.75) is 143 Å². The van der Waals surface area contributed by atoms with Crippen LogP contribution in [0.15, 0.2) is 0 Å². The summed E-state index contributed by atoms with van der Waals surface area (Å²) in [6.45, 7) is 30.5. The Morgan fingerprint density at radius 3 is 2.30 bits per heavy atom. The molecule has 9 unspecified atom stereocenters. The second-order valence-electron chi connectivity index (χ2n) is 16.1. The zero-order valence-corrected chi connectivity index (χ0v) is 26.1. The predicted molar refractivity (Wildman–Crippen MR) is 154 cm³/mol. The zero-order chi connectivity index (χ0) is 27.0. The summed E-state index contributed by atoms with van der Waals surface area (Å²) in [4.78, 5) is 8.44. The molecule has 8 fully saturated rings. The summed E-state index contributed by atoms with van der Waals surface area (Å²) in [5, 5.41) is 3.84. The number of hydrogen-bond donors (Lipinski definition) is 1. The molecule has 0 aromatic rings. The normalized spacial score (nSPS) is 45.8. The summed E-state index contributed by atoms with van der Waals surface area (Å²) in [7, 11) is 0. The lowest BCUT2D eigenvalue weighted by Crippen LogP contribution is -2.71. The number of hydrogen-bond acceptors (Lipinski definition) is 5. The van der Waals surface area contributed by atoms with E-state index in [1.165, 1.54) is 58.2 Å². The van der Waals surface area contributed by atoms with Gasteiger partial charge in [0.05, 0.1) is 12.8 Å². The molecule has 0 aromatic carbocycles. The molecule has 7 saturated heterocycles. The fourth-order valence-electron chi connectivity index (χ4n) is 9.42. The Morgan fingerprint density at radius 1 is 1.03 bits per heavy atom. The highest BCUT2D eigenvalue weighted by molar-refractivity contribution is 5.14. The highest BCUT2D eigenvalue weighted by Crippen LogP contribution is 2.57. The average Bonchev–Trinajstić information content (AvgIpc) is 3.49. The minimum Gasteiger partial charge on any atom is -0.362 e. The maximum absolute atomic E-state index is 6.78. The zero-order valence-electron chi connectivity index (χ0n) is 26.1. The average molecular weight is 517 g/mol. The molecule has 5 heteroatoms. The van der Waals surface area contributed by atoms with E-state index in [1.54, 1.807) is 0 Å².